The largest absolute Gasteiger partial charge is 0.394 e. The Bertz CT molecular complexity index is 164. The highest BCUT2D eigenvalue weighted by atomic mass is 16.5. The summed E-state index contributed by atoms with van der Waals surface area (Å²) in [5.74, 6) is 0. The lowest BCUT2D eigenvalue weighted by atomic mass is 9.95. The highest BCUT2D eigenvalue weighted by Gasteiger charge is 2.25. The predicted octanol–water partition coefficient (Wildman–Crippen LogP) is 2.33. The lowest BCUT2D eigenvalue weighted by Gasteiger charge is -2.33. The molecule has 0 heterocycles. The van der Waals surface area contributed by atoms with E-state index in [4.69, 9.17) is 4.74 Å². The quantitative estimate of drug-likeness (QED) is 0.606. The van der Waals surface area contributed by atoms with Gasteiger partial charge in [-0.15, -0.1) is 0 Å². The van der Waals surface area contributed by atoms with Crippen molar-refractivity contribution in [3.63, 3.8) is 0 Å². The smallest absolute Gasteiger partial charge is 0.0616 e. The van der Waals surface area contributed by atoms with Gasteiger partial charge in [0.25, 0.3) is 0 Å². The molecule has 0 aromatic rings. The average Bonchev–Trinajstić information content (AvgIpc) is 2.26. The molecule has 0 aromatic carbocycles. The fourth-order valence-electron chi connectivity index (χ4n) is 2.09. The van der Waals surface area contributed by atoms with E-state index in [-0.39, 0.29) is 12.1 Å². The van der Waals surface area contributed by atoms with Crippen LogP contribution in [0.5, 0.6) is 0 Å². The number of unbranched alkanes of at least 4 members (excludes halogenated alkanes) is 1. The second-order valence-electron chi connectivity index (χ2n) is 4.91. The molecule has 0 saturated carbocycles. The van der Waals surface area contributed by atoms with Crippen LogP contribution in [-0.2, 0) is 4.74 Å². The Morgan fingerprint density at radius 3 is 2.44 bits per heavy atom. The van der Waals surface area contributed by atoms with Crippen LogP contribution in [0, 0.1) is 0 Å². The first-order valence-electron chi connectivity index (χ1n) is 6.49. The van der Waals surface area contributed by atoms with E-state index in [9.17, 15) is 5.11 Å². The van der Waals surface area contributed by atoms with E-state index in [2.05, 4.69) is 26.1 Å². The summed E-state index contributed by atoms with van der Waals surface area (Å²) in [6.07, 6.45) is 5.59. The summed E-state index contributed by atoms with van der Waals surface area (Å²) in [4.78, 5) is 0. The van der Waals surface area contributed by atoms with Crippen molar-refractivity contribution < 1.29 is 9.84 Å². The number of hydrogen-bond acceptors (Lipinski definition) is 3. The van der Waals surface area contributed by atoms with Gasteiger partial charge in [0.05, 0.1) is 13.2 Å². The molecule has 3 nitrogen and oxygen atoms in total. The van der Waals surface area contributed by atoms with Crippen molar-refractivity contribution in [2.24, 2.45) is 0 Å². The van der Waals surface area contributed by atoms with Crippen LogP contribution in [0.1, 0.15) is 52.9 Å². The van der Waals surface area contributed by atoms with E-state index in [0.717, 1.165) is 25.9 Å². The summed E-state index contributed by atoms with van der Waals surface area (Å²) >= 11 is 0. The van der Waals surface area contributed by atoms with Crippen molar-refractivity contribution >= 4 is 0 Å². The molecule has 16 heavy (non-hydrogen) atoms. The minimum atomic E-state index is -0.161. The maximum absolute atomic E-state index is 9.46. The number of nitrogens with one attached hydrogen (secondary N) is 1. The third-order valence-corrected chi connectivity index (χ3v) is 2.98. The summed E-state index contributed by atoms with van der Waals surface area (Å²) in [6, 6.07) is 0.355. The van der Waals surface area contributed by atoms with E-state index in [0.29, 0.717) is 6.04 Å². The molecule has 0 amide bonds. The maximum atomic E-state index is 9.46. The topological polar surface area (TPSA) is 41.5 Å². The number of rotatable bonds is 10. The highest BCUT2D eigenvalue weighted by Crippen LogP contribution is 2.14. The van der Waals surface area contributed by atoms with Crippen LogP contribution < -0.4 is 5.32 Å². The fourth-order valence-corrected chi connectivity index (χ4v) is 2.09. The van der Waals surface area contributed by atoms with Gasteiger partial charge in [-0.1, -0.05) is 33.1 Å². The third kappa shape index (κ3) is 6.46. The van der Waals surface area contributed by atoms with Crippen molar-refractivity contribution in [2.45, 2.75) is 64.5 Å². The van der Waals surface area contributed by atoms with Crippen LogP contribution in [0.2, 0.25) is 0 Å². The normalized spacial score (nSPS) is 17.1. The fraction of sp³-hybridized carbons (Fsp3) is 1.00. The van der Waals surface area contributed by atoms with Gasteiger partial charge in [-0.2, -0.15) is 0 Å². The summed E-state index contributed by atoms with van der Waals surface area (Å²) in [7, 11) is 1.73. The second kappa shape index (κ2) is 8.97. The molecule has 0 fully saturated rings. The molecule has 0 bridgehead atoms. The Balaban J connectivity index is 4.20. The molecule has 98 valence electrons. The third-order valence-electron chi connectivity index (χ3n) is 2.98. The standard InChI is InChI=1S/C13H29NO2/c1-5-7-8-12(10-16-4)14-13(3,11-15)9-6-2/h12,14-15H,5-11H2,1-4H3. The Labute approximate surface area is 101 Å². The summed E-state index contributed by atoms with van der Waals surface area (Å²) in [5.41, 5.74) is -0.161. The van der Waals surface area contributed by atoms with Gasteiger partial charge in [0.15, 0.2) is 0 Å². The lowest BCUT2D eigenvalue weighted by Crippen LogP contribution is -2.52. The molecule has 0 rings (SSSR count). The number of hydrogen-bond donors (Lipinski definition) is 2. The Hall–Kier alpha value is -0.120. The molecular weight excluding hydrogens is 202 g/mol. The first-order valence-corrected chi connectivity index (χ1v) is 6.49. The first-order chi connectivity index (χ1) is 7.61. The Kier molecular flexibility index (Phi) is 8.90. The summed E-state index contributed by atoms with van der Waals surface area (Å²) < 4.78 is 5.23. The molecule has 0 aliphatic rings. The van der Waals surface area contributed by atoms with Crippen molar-refractivity contribution in [2.75, 3.05) is 20.3 Å². The minimum Gasteiger partial charge on any atom is -0.394 e. The molecule has 0 radical (unpaired) electrons. The SMILES string of the molecule is CCCCC(COC)NC(C)(CO)CCC. The van der Waals surface area contributed by atoms with Crippen molar-refractivity contribution in [3.8, 4) is 0 Å². The predicted molar refractivity (Wildman–Crippen MR) is 68.7 cm³/mol. The molecule has 0 aromatic heterocycles. The number of methoxy groups -OCH3 is 1. The van der Waals surface area contributed by atoms with Crippen LogP contribution in [0.4, 0.5) is 0 Å². The number of aliphatic hydroxyl groups is 1. The molecule has 0 spiro atoms. The van der Waals surface area contributed by atoms with Gasteiger partial charge in [0.2, 0.25) is 0 Å². The van der Waals surface area contributed by atoms with Gasteiger partial charge >= 0.3 is 0 Å². The highest BCUT2D eigenvalue weighted by molar-refractivity contribution is 4.85. The van der Waals surface area contributed by atoms with E-state index in [1.807, 2.05) is 0 Å². The van der Waals surface area contributed by atoms with Gasteiger partial charge in [0.1, 0.15) is 0 Å². The van der Waals surface area contributed by atoms with E-state index < -0.39 is 0 Å². The van der Waals surface area contributed by atoms with Gasteiger partial charge in [-0.25, -0.2) is 0 Å². The Morgan fingerprint density at radius 1 is 1.31 bits per heavy atom. The van der Waals surface area contributed by atoms with Crippen LogP contribution >= 0.6 is 0 Å². The molecule has 3 heteroatoms. The van der Waals surface area contributed by atoms with Crippen molar-refractivity contribution in [1.82, 2.24) is 5.32 Å². The van der Waals surface area contributed by atoms with Crippen LogP contribution in [0.15, 0.2) is 0 Å². The molecule has 0 aliphatic carbocycles. The van der Waals surface area contributed by atoms with Gasteiger partial charge in [-0.05, 0) is 19.8 Å². The minimum absolute atomic E-state index is 0.161. The molecule has 2 atom stereocenters. The molecule has 0 aliphatic heterocycles. The lowest BCUT2D eigenvalue weighted by molar-refractivity contribution is 0.107. The number of ether oxygens (including phenoxy) is 1. The van der Waals surface area contributed by atoms with Crippen LogP contribution in [0.25, 0.3) is 0 Å². The maximum Gasteiger partial charge on any atom is 0.0616 e. The van der Waals surface area contributed by atoms with Gasteiger partial charge in [-0.3, -0.25) is 0 Å². The zero-order valence-corrected chi connectivity index (χ0v) is 11.4. The van der Waals surface area contributed by atoms with Crippen LogP contribution in [-0.4, -0.2) is 37.0 Å². The zero-order chi connectivity index (χ0) is 12.4. The van der Waals surface area contributed by atoms with Crippen LogP contribution in [0.3, 0.4) is 0 Å². The molecular formula is C13H29NO2. The summed E-state index contributed by atoms with van der Waals surface area (Å²) in [6.45, 7) is 7.34. The first kappa shape index (κ1) is 15.9. The van der Waals surface area contributed by atoms with E-state index >= 15 is 0 Å². The Morgan fingerprint density at radius 2 is 2.00 bits per heavy atom. The van der Waals surface area contributed by atoms with Crippen molar-refractivity contribution in [1.29, 1.82) is 0 Å². The van der Waals surface area contributed by atoms with Crippen molar-refractivity contribution in [3.05, 3.63) is 0 Å². The monoisotopic (exact) mass is 231 g/mol. The van der Waals surface area contributed by atoms with E-state index in [1.54, 1.807) is 7.11 Å². The van der Waals surface area contributed by atoms with Gasteiger partial charge in [0, 0.05) is 18.7 Å². The van der Waals surface area contributed by atoms with E-state index in [1.165, 1.54) is 12.8 Å². The second-order valence-corrected chi connectivity index (χ2v) is 4.91. The molecule has 2 unspecified atom stereocenters. The zero-order valence-electron chi connectivity index (χ0n) is 11.4. The molecule has 0 saturated heterocycles. The van der Waals surface area contributed by atoms with Gasteiger partial charge < -0.3 is 15.2 Å². The molecule has 2 N–H and O–H groups in total. The summed E-state index contributed by atoms with van der Waals surface area (Å²) in [5, 5.41) is 13.0. The average molecular weight is 231 g/mol. The number of aliphatic hydroxyl groups excluding tert-OH is 1.